The molecule has 0 radical (unpaired) electrons. The van der Waals surface area contributed by atoms with Crippen molar-refractivity contribution in [3.63, 3.8) is 0 Å². The largest absolute Gasteiger partial charge is 0.492 e. The third-order valence-corrected chi connectivity index (χ3v) is 3.02. The van der Waals surface area contributed by atoms with Crippen molar-refractivity contribution in [3.8, 4) is 5.75 Å². The Kier molecular flexibility index (Phi) is 4.63. The number of nitrogens with zero attached hydrogens (tertiary/aromatic N) is 3. The van der Waals surface area contributed by atoms with Crippen molar-refractivity contribution < 1.29 is 9.84 Å². The van der Waals surface area contributed by atoms with Gasteiger partial charge in [-0.15, -0.1) is 0 Å². The molecule has 20 heavy (non-hydrogen) atoms. The van der Waals surface area contributed by atoms with Crippen LogP contribution in [0, 0.1) is 6.92 Å². The molecule has 2 aromatic heterocycles. The highest BCUT2D eigenvalue weighted by atomic mass is 16.5. The van der Waals surface area contributed by atoms with E-state index in [1.165, 1.54) is 0 Å². The van der Waals surface area contributed by atoms with Gasteiger partial charge in [-0.1, -0.05) is 6.92 Å². The normalized spacial score (nSPS) is 12.2. The van der Waals surface area contributed by atoms with E-state index >= 15 is 0 Å². The molecule has 0 aliphatic heterocycles. The van der Waals surface area contributed by atoms with E-state index in [1.807, 2.05) is 26.8 Å². The van der Waals surface area contributed by atoms with E-state index in [2.05, 4.69) is 15.2 Å². The van der Waals surface area contributed by atoms with Gasteiger partial charge in [0, 0.05) is 17.3 Å². The topological polar surface area (TPSA) is 68.1 Å². The zero-order valence-corrected chi connectivity index (χ0v) is 12.0. The lowest BCUT2D eigenvalue weighted by Crippen LogP contribution is -2.08. The zero-order chi connectivity index (χ0) is 14.5. The first-order valence-electron chi connectivity index (χ1n) is 6.74. The Bertz CT molecular complexity index is 587. The second kappa shape index (κ2) is 6.43. The lowest BCUT2D eigenvalue weighted by atomic mass is 10.0. The molecule has 0 bridgehead atoms. The number of aliphatic hydroxyl groups is 1. The maximum absolute atomic E-state index is 10.6. The van der Waals surface area contributed by atoms with Gasteiger partial charge in [-0.2, -0.15) is 10.2 Å². The minimum absolute atomic E-state index is 0.567. The van der Waals surface area contributed by atoms with E-state index in [0.717, 1.165) is 23.4 Å². The fourth-order valence-corrected chi connectivity index (χ4v) is 2.06. The van der Waals surface area contributed by atoms with Crippen molar-refractivity contribution in [2.45, 2.75) is 33.3 Å². The molecule has 2 aromatic rings. The van der Waals surface area contributed by atoms with E-state index < -0.39 is 6.10 Å². The van der Waals surface area contributed by atoms with Crippen molar-refractivity contribution in [1.82, 2.24) is 15.2 Å². The Labute approximate surface area is 118 Å². The smallest absolute Gasteiger partial charge is 0.137 e. The highest BCUT2D eigenvalue weighted by molar-refractivity contribution is 5.34. The number of aryl methyl sites for hydroxylation is 2. The molecule has 2 rings (SSSR count). The Balaban J connectivity index is 2.37. The summed E-state index contributed by atoms with van der Waals surface area (Å²) in [5, 5.41) is 18.7. The van der Waals surface area contributed by atoms with Crippen molar-refractivity contribution in [1.29, 1.82) is 0 Å². The fraction of sp³-hybridized carbons (Fsp3) is 0.400. The van der Waals surface area contributed by atoms with Gasteiger partial charge < -0.3 is 9.84 Å². The van der Waals surface area contributed by atoms with Crippen molar-refractivity contribution in [2.24, 2.45) is 0 Å². The van der Waals surface area contributed by atoms with Crippen LogP contribution >= 0.6 is 0 Å². The molecule has 0 aliphatic carbocycles. The number of aromatic nitrogens is 3. The van der Waals surface area contributed by atoms with E-state index in [9.17, 15) is 5.11 Å². The molecule has 1 atom stereocenters. The molecule has 1 unspecified atom stereocenters. The van der Waals surface area contributed by atoms with Crippen molar-refractivity contribution in [2.75, 3.05) is 6.61 Å². The van der Waals surface area contributed by atoms with Crippen LogP contribution in [0.25, 0.3) is 0 Å². The van der Waals surface area contributed by atoms with Crippen LogP contribution in [-0.4, -0.2) is 26.9 Å². The van der Waals surface area contributed by atoms with E-state index in [1.54, 1.807) is 18.5 Å². The summed E-state index contributed by atoms with van der Waals surface area (Å²) in [6.07, 6.45) is 3.23. The van der Waals surface area contributed by atoms with Crippen LogP contribution in [0.3, 0.4) is 0 Å². The predicted octanol–water partition coefficient (Wildman–Crippen LogP) is 2.22. The van der Waals surface area contributed by atoms with Gasteiger partial charge in [-0.25, -0.2) is 0 Å². The number of pyridine rings is 1. The molecule has 5 nitrogen and oxygen atoms in total. The van der Waals surface area contributed by atoms with Gasteiger partial charge in [0.25, 0.3) is 0 Å². The number of rotatable bonds is 5. The Morgan fingerprint density at radius 2 is 2.00 bits per heavy atom. The monoisotopic (exact) mass is 273 g/mol. The van der Waals surface area contributed by atoms with Crippen molar-refractivity contribution in [3.05, 3.63) is 47.0 Å². The Morgan fingerprint density at radius 1 is 1.20 bits per heavy atom. The summed E-state index contributed by atoms with van der Waals surface area (Å²) in [6.45, 7) is 6.33. The number of aliphatic hydroxyl groups excluding tert-OH is 1. The Morgan fingerprint density at radius 3 is 2.70 bits per heavy atom. The molecule has 2 heterocycles. The van der Waals surface area contributed by atoms with Crippen LogP contribution in [0.5, 0.6) is 5.75 Å². The molecule has 0 aromatic carbocycles. The molecular formula is C15H19N3O2. The third kappa shape index (κ3) is 3.11. The maximum Gasteiger partial charge on any atom is 0.137 e. The lowest BCUT2D eigenvalue weighted by molar-refractivity contribution is 0.217. The average Bonchev–Trinajstić information content (AvgIpc) is 2.47. The quantitative estimate of drug-likeness (QED) is 0.904. The summed E-state index contributed by atoms with van der Waals surface area (Å²) in [5.74, 6) is 0.654. The van der Waals surface area contributed by atoms with Gasteiger partial charge >= 0.3 is 0 Å². The second-order valence-corrected chi connectivity index (χ2v) is 4.53. The summed E-state index contributed by atoms with van der Waals surface area (Å²) >= 11 is 0. The highest BCUT2D eigenvalue weighted by Gasteiger charge is 2.17. The minimum Gasteiger partial charge on any atom is -0.492 e. The zero-order valence-electron chi connectivity index (χ0n) is 12.0. The molecule has 0 saturated heterocycles. The first kappa shape index (κ1) is 14.4. The number of hydrogen-bond donors (Lipinski definition) is 1. The third-order valence-electron chi connectivity index (χ3n) is 3.02. The lowest BCUT2D eigenvalue weighted by Gasteiger charge is -2.15. The van der Waals surface area contributed by atoms with E-state index in [-0.39, 0.29) is 0 Å². The van der Waals surface area contributed by atoms with Crippen LogP contribution in [0.4, 0.5) is 0 Å². The van der Waals surface area contributed by atoms with Gasteiger partial charge in [0.2, 0.25) is 0 Å². The second-order valence-electron chi connectivity index (χ2n) is 4.53. The summed E-state index contributed by atoms with van der Waals surface area (Å²) in [7, 11) is 0. The van der Waals surface area contributed by atoms with Gasteiger partial charge in [0.05, 0.1) is 24.2 Å². The maximum atomic E-state index is 10.6. The van der Waals surface area contributed by atoms with Crippen LogP contribution in [0.15, 0.2) is 24.5 Å². The number of hydrogen-bond acceptors (Lipinski definition) is 5. The molecule has 5 heteroatoms. The Hall–Kier alpha value is -2.01. The first-order chi connectivity index (χ1) is 9.65. The minimum atomic E-state index is -0.771. The average molecular weight is 273 g/mol. The molecule has 0 fully saturated rings. The standard InChI is InChI=1S/C15H19N3O2/c1-4-14-13(6-10(3)17-18-14)15(19)11-7-12(20-5-2)9-16-8-11/h6-9,15,19H,4-5H2,1-3H3. The summed E-state index contributed by atoms with van der Waals surface area (Å²) in [5.41, 5.74) is 3.04. The fourth-order valence-electron chi connectivity index (χ4n) is 2.06. The van der Waals surface area contributed by atoms with Gasteiger partial charge in [0.1, 0.15) is 11.9 Å². The van der Waals surface area contributed by atoms with Gasteiger partial charge in [0.15, 0.2) is 0 Å². The van der Waals surface area contributed by atoms with Crippen LogP contribution < -0.4 is 4.74 Å². The summed E-state index contributed by atoms with van der Waals surface area (Å²) < 4.78 is 5.41. The molecule has 1 N–H and O–H groups in total. The predicted molar refractivity (Wildman–Crippen MR) is 75.6 cm³/mol. The van der Waals surface area contributed by atoms with E-state index in [0.29, 0.717) is 17.9 Å². The molecule has 0 aliphatic rings. The molecular weight excluding hydrogens is 254 g/mol. The number of ether oxygens (including phenoxy) is 1. The SMILES string of the molecule is CCOc1cncc(C(O)c2cc(C)nnc2CC)c1. The summed E-state index contributed by atoms with van der Waals surface area (Å²) in [4.78, 5) is 4.11. The first-order valence-corrected chi connectivity index (χ1v) is 6.74. The molecule has 0 spiro atoms. The highest BCUT2D eigenvalue weighted by Crippen LogP contribution is 2.26. The van der Waals surface area contributed by atoms with Gasteiger partial charge in [-0.3, -0.25) is 4.98 Å². The van der Waals surface area contributed by atoms with E-state index in [4.69, 9.17) is 4.74 Å². The van der Waals surface area contributed by atoms with Crippen LogP contribution in [0.2, 0.25) is 0 Å². The van der Waals surface area contributed by atoms with Crippen molar-refractivity contribution >= 4 is 0 Å². The molecule has 0 saturated carbocycles. The molecule has 106 valence electrons. The van der Waals surface area contributed by atoms with Gasteiger partial charge in [-0.05, 0) is 32.4 Å². The van der Waals surface area contributed by atoms with Crippen LogP contribution in [-0.2, 0) is 6.42 Å². The molecule has 0 amide bonds. The summed E-state index contributed by atoms with van der Waals surface area (Å²) in [6, 6.07) is 3.67. The van der Waals surface area contributed by atoms with Crippen LogP contribution in [0.1, 0.15) is 42.5 Å².